The summed E-state index contributed by atoms with van der Waals surface area (Å²) in [6, 6.07) is 9.44. The van der Waals surface area contributed by atoms with Crippen LogP contribution in [0.2, 0.25) is 0 Å². The zero-order valence-electron chi connectivity index (χ0n) is 5.79. The maximum absolute atomic E-state index is 10.7. The quantitative estimate of drug-likeness (QED) is 0.754. The Morgan fingerprint density at radius 1 is 1.36 bits per heavy atom. The van der Waals surface area contributed by atoms with Crippen molar-refractivity contribution < 1.29 is 8.62 Å². The van der Waals surface area contributed by atoms with Crippen LogP contribution in [0.4, 0.5) is 0 Å². The molecule has 0 radical (unpaired) electrons. The van der Waals surface area contributed by atoms with E-state index >= 15 is 0 Å². The summed E-state index contributed by atoms with van der Waals surface area (Å²) >= 11 is 2.62. The third-order valence-corrected chi connectivity index (χ3v) is 1.64. The maximum Gasteiger partial charge on any atom is 0.321 e. The van der Waals surface area contributed by atoms with E-state index in [-0.39, 0.29) is 5.97 Å². The number of carbonyl (C=O) groups excluding carboxylic acids is 1. The van der Waals surface area contributed by atoms with Gasteiger partial charge in [0, 0.05) is 0 Å². The lowest BCUT2D eigenvalue weighted by molar-refractivity contribution is -0.131. The average Bonchev–Trinajstić information content (AvgIpc) is 2.06. The Bertz CT molecular complexity index is 233. The van der Waals surface area contributed by atoms with Crippen molar-refractivity contribution in [2.75, 3.05) is 0 Å². The number of halogens is 1. The van der Waals surface area contributed by atoms with E-state index in [0.29, 0.717) is 6.42 Å². The molecule has 0 atom stereocenters. The average molecular weight is 215 g/mol. The SMILES string of the molecule is O=C(Cc1ccccc1)OBr. The van der Waals surface area contributed by atoms with Crippen LogP contribution >= 0.6 is 16.3 Å². The molecule has 3 heteroatoms. The van der Waals surface area contributed by atoms with Crippen molar-refractivity contribution >= 4 is 22.2 Å². The molecular weight excluding hydrogens is 208 g/mol. The molecule has 0 bridgehead atoms. The van der Waals surface area contributed by atoms with Crippen LogP contribution in [0.3, 0.4) is 0 Å². The Labute approximate surface area is 73.6 Å². The first-order chi connectivity index (χ1) is 5.33. The van der Waals surface area contributed by atoms with E-state index in [1.807, 2.05) is 30.3 Å². The number of carbonyl (C=O) groups is 1. The van der Waals surface area contributed by atoms with Crippen molar-refractivity contribution in [3.05, 3.63) is 35.9 Å². The van der Waals surface area contributed by atoms with E-state index < -0.39 is 0 Å². The van der Waals surface area contributed by atoms with Crippen molar-refractivity contribution in [2.24, 2.45) is 0 Å². The fourth-order valence-electron chi connectivity index (χ4n) is 0.790. The molecule has 0 aliphatic rings. The van der Waals surface area contributed by atoms with Gasteiger partial charge in [0.2, 0.25) is 0 Å². The molecule has 1 aromatic rings. The minimum atomic E-state index is -0.281. The molecule has 0 fully saturated rings. The van der Waals surface area contributed by atoms with E-state index in [1.54, 1.807) is 0 Å². The Morgan fingerprint density at radius 3 is 2.55 bits per heavy atom. The van der Waals surface area contributed by atoms with Gasteiger partial charge >= 0.3 is 5.97 Å². The summed E-state index contributed by atoms with van der Waals surface area (Å²) in [6.07, 6.45) is 0.312. The first kappa shape index (κ1) is 8.27. The Morgan fingerprint density at radius 2 is 2.00 bits per heavy atom. The van der Waals surface area contributed by atoms with Gasteiger partial charge in [-0.2, -0.15) is 0 Å². The van der Waals surface area contributed by atoms with Gasteiger partial charge in [-0.15, -0.1) is 0 Å². The molecule has 2 nitrogen and oxygen atoms in total. The van der Waals surface area contributed by atoms with Crippen LogP contribution in [-0.2, 0) is 15.0 Å². The molecule has 0 aliphatic carbocycles. The molecule has 11 heavy (non-hydrogen) atoms. The van der Waals surface area contributed by atoms with Gasteiger partial charge in [-0.1, -0.05) is 30.3 Å². The second-order valence-corrected chi connectivity index (χ2v) is 2.44. The van der Waals surface area contributed by atoms with Crippen LogP contribution in [-0.4, -0.2) is 5.97 Å². The van der Waals surface area contributed by atoms with Crippen LogP contribution in [0, 0.1) is 0 Å². The largest absolute Gasteiger partial charge is 0.383 e. The lowest BCUT2D eigenvalue weighted by Crippen LogP contribution is -2.00. The van der Waals surface area contributed by atoms with Gasteiger partial charge in [-0.25, -0.2) is 0 Å². The summed E-state index contributed by atoms with van der Waals surface area (Å²) in [5, 5.41) is 0. The molecule has 0 aromatic heterocycles. The number of rotatable bonds is 2. The predicted molar refractivity (Wildman–Crippen MR) is 45.2 cm³/mol. The van der Waals surface area contributed by atoms with Gasteiger partial charge in [0.25, 0.3) is 0 Å². The number of hydrogen-bond donors (Lipinski definition) is 0. The van der Waals surface area contributed by atoms with E-state index in [9.17, 15) is 4.79 Å². The summed E-state index contributed by atoms with van der Waals surface area (Å²) in [6.45, 7) is 0. The lowest BCUT2D eigenvalue weighted by Gasteiger charge is -1.95. The summed E-state index contributed by atoms with van der Waals surface area (Å²) in [7, 11) is 0. The molecule has 0 unspecified atom stereocenters. The van der Waals surface area contributed by atoms with Gasteiger partial charge < -0.3 is 3.83 Å². The van der Waals surface area contributed by atoms with Crippen LogP contribution in [0.5, 0.6) is 0 Å². The Hall–Kier alpha value is -0.830. The first-order valence-corrected chi connectivity index (χ1v) is 3.83. The van der Waals surface area contributed by atoms with Gasteiger partial charge in [0.1, 0.15) is 0 Å². The lowest BCUT2D eigenvalue weighted by atomic mass is 10.2. The molecule has 0 N–H and O–H groups in total. The third-order valence-electron chi connectivity index (χ3n) is 1.28. The minimum Gasteiger partial charge on any atom is -0.383 e. The Balaban J connectivity index is 2.58. The van der Waals surface area contributed by atoms with Crippen LogP contribution in [0.1, 0.15) is 5.56 Å². The van der Waals surface area contributed by atoms with Crippen molar-refractivity contribution in [1.82, 2.24) is 0 Å². The zero-order valence-corrected chi connectivity index (χ0v) is 7.37. The van der Waals surface area contributed by atoms with Crippen LogP contribution in [0.25, 0.3) is 0 Å². The standard InChI is InChI=1S/C8H7BrO2/c9-11-8(10)6-7-4-2-1-3-5-7/h1-5H,6H2. The van der Waals surface area contributed by atoms with Crippen molar-refractivity contribution in [1.29, 1.82) is 0 Å². The fraction of sp³-hybridized carbons (Fsp3) is 0.125. The molecule has 0 saturated heterocycles. The molecule has 58 valence electrons. The molecule has 0 heterocycles. The van der Waals surface area contributed by atoms with Crippen LogP contribution in [0.15, 0.2) is 30.3 Å². The van der Waals surface area contributed by atoms with Gasteiger partial charge in [0.05, 0.1) is 6.42 Å². The first-order valence-electron chi connectivity index (χ1n) is 3.18. The van der Waals surface area contributed by atoms with Crippen molar-refractivity contribution in [3.8, 4) is 0 Å². The molecule has 0 spiro atoms. The fourth-order valence-corrected chi connectivity index (χ4v) is 0.904. The summed E-state index contributed by atoms with van der Waals surface area (Å²) in [5.41, 5.74) is 0.956. The number of hydrogen-bond acceptors (Lipinski definition) is 2. The predicted octanol–water partition coefficient (Wildman–Crippen LogP) is 2.08. The highest BCUT2D eigenvalue weighted by molar-refractivity contribution is 9.06. The third kappa shape index (κ3) is 2.72. The normalized spacial score (nSPS) is 9.18. The molecule has 1 rings (SSSR count). The highest BCUT2D eigenvalue weighted by Gasteiger charge is 2.01. The summed E-state index contributed by atoms with van der Waals surface area (Å²) in [5.74, 6) is -0.281. The van der Waals surface area contributed by atoms with Crippen molar-refractivity contribution in [2.45, 2.75) is 6.42 Å². The van der Waals surface area contributed by atoms with Crippen molar-refractivity contribution in [3.63, 3.8) is 0 Å². The molecular formula is C8H7BrO2. The van der Waals surface area contributed by atoms with E-state index in [0.717, 1.165) is 5.56 Å². The zero-order chi connectivity index (χ0) is 8.10. The van der Waals surface area contributed by atoms with E-state index in [1.165, 1.54) is 0 Å². The minimum absolute atomic E-state index is 0.281. The van der Waals surface area contributed by atoms with Gasteiger partial charge in [-0.05, 0) is 5.56 Å². The smallest absolute Gasteiger partial charge is 0.321 e. The maximum atomic E-state index is 10.7. The molecule has 0 saturated carbocycles. The Kier molecular flexibility index (Phi) is 3.11. The van der Waals surface area contributed by atoms with Crippen LogP contribution < -0.4 is 0 Å². The van der Waals surface area contributed by atoms with Gasteiger partial charge in [-0.3, -0.25) is 4.79 Å². The molecule has 0 aliphatic heterocycles. The second kappa shape index (κ2) is 4.13. The highest BCUT2D eigenvalue weighted by Crippen LogP contribution is 2.01. The second-order valence-electron chi connectivity index (χ2n) is 2.11. The summed E-state index contributed by atoms with van der Waals surface area (Å²) in [4.78, 5) is 10.7. The highest BCUT2D eigenvalue weighted by atomic mass is 79.9. The molecule has 0 amide bonds. The number of benzene rings is 1. The monoisotopic (exact) mass is 214 g/mol. The topological polar surface area (TPSA) is 26.3 Å². The summed E-state index contributed by atoms with van der Waals surface area (Å²) < 4.78 is 4.33. The van der Waals surface area contributed by atoms with Gasteiger partial charge in [0.15, 0.2) is 16.3 Å². The van der Waals surface area contributed by atoms with E-state index in [2.05, 4.69) is 20.1 Å². The van der Waals surface area contributed by atoms with E-state index in [4.69, 9.17) is 0 Å². The molecule has 1 aromatic carbocycles.